The van der Waals surface area contributed by atoms with E-state index >= 15 is 0 Å². The number of rotatable bonds is 13. The summed E-state index contributed by atoms with van der Waals surface area (Å²) in [5, 5.41) is 29.2. The van der Waals surface area contributed by atoms with Crippen molar-refractivity contribution >= 4 is 18.1 Å². The van der Waals surface area contributed by atoms with Crippen molar-refractivity contribution in [2.45, 2.75) is 64.2 Å². The van der Waals surface area contributed by atoms with Gasteiger partial charge in [-0.15, -0.1) is 0 Å². The van der Waals surface area contributed by atoms with Crippen LogP contribution < -0.4 is 4.90 Å². The van der Waals surface area contributed by atoms with E-state index in [-0.39, 0.29) is 24.0 Å². The fraction of sp³-hybridized carbons (Fsp3) is 0.737. The molecule has 28 heavy (non-hydrogen) atoms. The topological polar surface area (TPSA) is 119 Å². The minimum atomic E-state index is -1.04. The number of hydrogen-bond donors (Lipinski definition) is 3. The van der Waals surface area contributed by atoms with E-state index in [4.69, 9.17) is 5.11 Å². The SMILES string of the molecule is CCC(O)(CC)CCCCN(C)C(=O)c1c(N(C)C=O)ncn1CC(O)CO. The van der Waals surface area contributed by atoms with Gasteiger partial charge in [0.25, 0.3) is 5.91 Å². The normalized spacial score (nSPS) is 12.7. The summed E-state index contributed by atoms with van der Waals surface area (Å²) in [6, 6.07) is 0. The van der Waals surface area contributed by atoms with Gasteiger partial charge < -0.3 is 29.7 Å². The summed E-state index contributed by atoms with van der Waals surface area (Å²) in [6.07, 6.45) is 4.50. The van der Waals surface area contributed by atoms with E-state index in [1.807, 2.05) is 13.8 Å². The number of amides is 2. The minimum Gasteiger partial charge on any atom is -0.394 e. The van der Waals surface area contributed by atoms with Gasteiger partial charge in [-0.3, -0.25) is 9.59 Å². The van der Waals surface area contributed by atoms with E-state index in [1.54, 1.807) is 7.05 Å². The second-order valence-corrected chi connectivity index (χ2v) is 7.24. The van der Waals surface area contributed by atoms with Gasteiger partial charge in [0.05, 0.1) is 31.2 Å². The zero-order valence-electron chi connectivity index (χ0n) is 17.3. The molecular formula is C19H34N4O5. The molecule has 9 heteroatoms. The van der Waals surface area contributed by atoms with Crippen LogP contribution in [0.3, 0.4) is 0 Å². The van der Waals surface area contributed by atoms with Gasteiger partial charge in [-0.2, -0.15) is 0 Å². The standard InChI is InChI=1S/C19H34N4O5/c1-5-19(28,6-2)9-7-8-10-21(3)18(27)16-17(22(4)14-25)20-13-23(16)11-15(26)12-24/h13-15,24,26,28H,5-12H2,1-4H3. The fourth-order valence-electron chi connectivity index (χ4n) is 3.01. The maximum atomic E-state index is 13.0. The van der Waals surface area contributed by atoms with E-state index in [9.17, 15) is 19.8 Å². The Balaban J connectivity index is 2.85. The lowest BCUT2D eigenvalue weighted by Gasteiger charge is -2.26. The van der Waals surface area contributed by atoms with Gasteiger partial charge in [-0.1, -0.05) is 13.8 Å². The molecule has 3 N–H and O–H groups in total. The number of carbonyl (C=O) groups excluding carboxylic acids is 2. The smallest absolute Gasteiger partial charge is 0.274 e. The van der Waals surface area contributed by atoms with Gasteiger partial charge in [-0.25, -0.2) is 4.98 Å². The molecule has 1 aromatic heterocycles. The molecule has 0 aliphatic heterocycles. The van der Waals surface area contributed by atoms with Crippen LogP contribution in [0.15, 0.2) is 6.33 Å². The number of aliphatic hydroxyl groups excluding tert-OH is 2. The summed E-state index contributed by atoms with van der Waals surface area (Å²) in [7, 11) is 3.16. The molecule has 0 radical (unpaired) electrons. The first-order chi connectivity index (χ1) is 13.2. The zero-order chi connectivity index (χ0) is 21.3. The van der Waals surface area contributed by atoms with Crippen LogP contribution >= 0.6 is 0 Å². The highest BCUT2D eigenvalue weighted by Crippen LogP contribution is 2.23. The quantitative estimate of drug-likeness (QED) is 0.331. The van der Waals surface area contributed by atoms with Gasteiger partial charge in [0.2, 0.25) is 6.41 Å². The van der Waals surface area contributed by atoms with E-state index in [0.29, 0.717) is 32.2 Å². The lowest BCUT2D eigenvalue weighted by molar-refractivity contribution is -0.107. The van der Waals surface area contributed by atoms with Crippen molar-refractivity contribution in [2.24, 2.45) is 0 Å². The van der Waals surface area contributed by atoms with Crippen molar-refractivity contribution in [1.29, 1.82) is 0 Å². The van der Waals surface area contributed by atoms with Crippen molar-refractivity contribution < 1.29 is 24.9 Å². The number of unbranched alkanes of at least 4 members (excludes halogenated alkanes) is 1. The number of anilines is 1. The van der Waals surface area contributed by atoms with E-state index < -0.39 is 18.3 Å². The first kappa shape index (κ1) is 24.1. The summed E-state index contributed by atoms with van der Waals surface area (Å²) in [6.45, 7) is 3.96. The number of imidazole rings is 1. The number of hydrogen-bond acceptors (Lipinski definition) is 6. The minimum absolute atomic E-state index is 0.00879. The third kappa shape index (κ3) is 6.29. The Morgan fingerprint density at radius 1 is 1.32 bits per heavy atom. The molecule has 1 unspecified atom stereocenters. The molecule has 0 aliphatic carbocycles. The molecule has 9 nitrogen and oxygen atoms in total. The maximum Gasteiger partial charge on any atom is 0.274 e. The summed E-state index contributed by atoms with van der Waals surface area (Å²) in [4.78, 5) is 31.0. The van der Waals surface area contributed by atoms with Crippen LogP contribution in [-0.2, 0) is 11.3 Å². The number of carbonyl (C=O) groups is 2. The Morgan fingerprint density at radius 3 is 2.50 bits per heavy atom. The van der Waals surface area contributed by atoms with Crippen LogP contribution in [0.5, 0.6) is 0 Å². The molecule has 1 aromatic rings. The van der Waals surface area contributed by atoms with Gasteiger partial charge >= 0.3 is 0 Å². The summed E-state index contributed by atoms with van der Waals surface area (Å²) >= 11 is 0. The van der Waals surface area contributed by atoms with Gasteiger partial charge in [0.15, 0.2) is 11.5 Å². The number of nitrogens with zero attached hydrogens (tertiary/aromatic N) is 4. The molecule has 0 saturated carbocycles. The van der Waals surface area contributed by atoms with E-state index in [0.717, 1.165) is 12.8 Å². The molecule has 0 bridgehead atoms. The number of aliphatic hydroxyl groups is 3. The molecule has 160 valence electrons. The highest BCUT2D eigenvalue weighted by Gasteiger charge is 2.26. The van der Waals surface area contributed by atoms with Crippen LogP contribution in [0.4, 0.5) is 5.82 Å². The molecule has 1 atom stereocenters. The molecule has 0 fully saturated rings. The van der Waals surface area contributed by atoms with Gasteiger partial charge in [0.1, 0.15) is 0 Å². The fourth-order valence-corrected chi connectivity index (χ4v) is 3.01. The van der Waals surface area contributed by atoms with Crippen LogP contribution in [0.25, 0.3) is 0 Å². The largest absolute Gasteiger partial charge is 0.394 e. The Labute approximate surface area is 166 Å². The van der Waals surface area contributed by atoms with Crippen LogP contribution in [0.2, 0.25) is 0 Å². The second kappa shape index (κ2) is 11.1. The first-order valence-corrected chi connectivity index (χ1v) is 9.73. The average Bonchev–Trinajstić information content (AvgIpc) is 3.12. The first-order valence-electron chi connectivity index (χ1n) is 9.73. The lowest BCUT2D eigenvalue weighted by atomic mass is 9.91. The molecule has 0 aromatic carbocycles. The molecule has 0 aliphatic rings. The summed E-state index contributed by atoms with van der Waals surface area (Å²) in [5.74, 6) is -0.129. The van der Waals surface area contributed by atoms with Gasteiger partial charge in [0, 0.05) is 20.6 Å². The summed E-state index contributed by atoms with van der Waals surface area (Å²) in [5.41, 5.74) is -0.468. The third-order valence-corrected chi connectivity index (χ3v) is 5.18. The summed E-state index contributed by atoms with van der Waals surface area (Å²) < 4.78 is 1.45. The third-order valence-electron chi connectivity index (χ3n) is 5.18. The Kier molecular flexibility index (Phi) is 9.57. The van der Waals surface area contributed by atoms with Crippen molar-refractivity contribution in [3.05, 3.63) is 12.0 Å². The monoisotopic (exact) mass is 398 g/mol. The lowest BCUT2D eigenvalue weighted by Crippen LogP contribution is -2.33. The highest BCUT2D eigenvalue weighted by molar-refractivity contribution is 5.99. The van der Waals surface area contributed by atoms with Crippen molar-refractivity contribution in [3.63, 3.8) is 0 Å². The predicted molar refractivity (Wildman–Crippen MR) is 106 cm³/mol. The Hall–Kier alpha value is -1.97. The van der Waals surface area contributed by atoms with Gasteiger partial charge in [-0.05, 0) is 32.1 Å². The molecule has 2 amide bonds. The van der Waals surface area contributed by atoms with Crippen LogP contribution in [-0.4, -0.2) is 81.0 Å². The van der Waals surface area contributed by atoms with Crippen molar-refractivity contribution in [1.82, 2.24) is 14.5 Å². The van der Waals surface area contributed by atoms with E-state index in [1.165, 1.54) is 27.7 Å². The second-order valence-electron chi connectivity index (χ2n) is 7.24. The number of aromatic nitrogens is 2. The Morgan fingerprint density at radius 2 is 1.96 bits per heavy atom. The zero-order valence-corrected chi connectivity index (χ0v) is 17.3. The Bertz CT molecular complexity index is 630. The molecule has 1 heterocycles. The average molecular weight is 399 g/mol. The molecule has 0 saturated heterocycles. The molecule has 0 spiro atoms. The highest BCUT2D eigenvalue weighted by atomic mass is 16.3. The maximum absolute atomic E-state index is 13.0. The molecular weight excluding hydrogens is 364 g/mol. The van der Waals surface area contributed by atoms with Crippen LogP contribution in [0, 0.1) is 0 Å². The van der Waals surface area contributed by atoms with Crippen LogP contribution in [0.1, 0.15) is 56.4 Å². The van der Waals surface area contributed by atoms with Crippen molar-refractivity contribution in [2.75, 3.05) is 32.1 Å². The van der Waals surface area contributed by atoms with Crippen molar-refractivity contribution in [3.8, 4) is 0 Å². The van der Waals surface area contributed by atoms with E-state index in [2.05, 4.69) is 4.98 Å². The predicted octanol–water partition coefficient (Wildman–Crippen LogP) is 0.622. The molecule has 1 rings (SSSR count).